The number of carboxylic acid groups (broad SMARTS) is 1. The Morgan fingerprint density at radius 1 is 1.62 bits per heavy atom. The molecule has 0 saturated carbocycles. The fourth-order valence-corrected chi connectivity index (χ4v) is 1.36. The number of oxazole rings is 1. The van der Waals surface area contributed by atoms with Gasteiger partial charge in [-0.15, -0.1) is 0 Å². The lowest BCUT2D eigenvalue weighted by Crippen LogP contribution is -2.05. The molecular formula is C11H17NO4. The highest BCUT2D eigenvalue weighted by molar-refractivity contribution is 5.85. The lowest BCUT2D eigenvalue weighted by atomic mass is 10.2. The van der Waals surface area contributed by atoms with Gasteiger partial charge < -0.3 is 14.3 Å². The minimum atomic E-state index is -1.06. The zero-order valence-corrected chi connectivity index (χ0v) is 9.82. The topological polar surface area (TPSA) is 72.6 Å². The van der Waals surface area contributed by atoms with E-state index in [0.717, 1.165) is 6.42 Å². The quantitative estimate of drug-likeness (QED) is 0.803. The van der Waals surface area contributed by atoms with Crippen LogP contribution in [0.25, 0.3) is 0 Å². The van der Waals surface area contributed by atoms with Crippen LogP contribution in [0.2, 0.25) is 0 Å². The van der Waals surface area contributed by atoms with Gasteiger partial charge in [-0.3, -0.25) is 0 Å². The summed E-state index contributed by atoms with van der Waals surface area (Å²) in [5.74, 6) is -0.629. The van der Waals surface area contributed by atoms with Crippen molar-refractivity contribution in [2.45, 2.75) is 39.2 Å². The summed E-state index contributed by atoms with van der Waals surface area (Å²) in [5, 5.41) is 8.88. The van der Waals surface area contributed by atoms with Crippen molar-refractivity contribution < 1.29 is 19.1 Å². The summed E-state index contributed by atoms with van der Waals surface area (Å²) in [6.07, 6.45) is 2.03. The van der Waals surface area contributed by atoms with Crippen LogP contribution in [0, 0.1) is 0 Å². The molecule has 5 heteroatoms. The summed E-state index contributed by atoms with van der Waals surface area (Å²) in [7, 11) is 1.64. The molecule has 1 aromatic rings. The van der Waals surface area contributed by atoms with E-state index in [2.05, 4.69) is 4.98 Å². The molecule has 0 radical (unpaired) electrons. The molecule has 0 aliphatic rings. The van der Waals surface area contributed by atoms with E-state index in [4.69, 9.17) is 14.3 Å². The maximum Gasteiger partial charge on any atom is 0.373 e. The SMILES string of the molecule is CCc1nc(CCC(C)OC)oc1C(=O)O. The van der Waals surface area contributed by atoms with Crippen LogP contribution >= 0.6 is 0 Å². The molecule has 1 heterocycles. The number of rotatable bonds is 6. The van der Waals surface area contributed by atoms with Crippen LogP contribution in [-0.4, -0.2) is 29.3 Å². The molecule has 1 N–H and O–H groups in total. The monoisotopic (exact) mass is 227 g/mol. The smallest absolute Gasteiger partial charge is 0.373 e. The minimum absolute atomic E-state index is 0.0393. The highest BCUT2D eigenvalue weighted by atomic mass is 16.5. The summed E-state index contributed by atoms with van der Waals surface area (Å²) >= 11 is 0. The first kappa shape index (κ1) is 12.7. The van der Waals surface area contributed by atoms with Crippen molar-refractivity contribution in [3.05, 3.63) is 17.3 Å². The van der Waals surface area contributed by atoms with Crippen molar-refractivity contribution in [3.63, 3.8) is 0 Å². The van der Waals surface area contributed by atoms with Crippen LogP contribution in [0.4, 0.5) is 0 Å². The van der Waals surface area contributed by atoms with E-state index in [9.17, 15) is 4.79 Å². The number of aromatic carboxylic acids is 1. The average Bonchev–Trinajstić information content (AvgIpc) is 2.69. The number of carboxylic acids is 1. The second kappa shape index (κ2) is 5.65. The molecule has 1 rings (SSSR count). The molecule has 1 atom stereocenters. The number of carbonyl (C=O) groups is 1. The van der Waals surface area contributed by atoms with E-state index in [-0.39, 0.29) is 11.9 Å². The van der Waals surface area contributed by atoms with Crippen LogP contribution in [0.3, 0.4) is 0 Å². The van der Waals surface area contributed by atoms with E-state index < -0.39 is 5.97 Å². The molecule has 1 unspecified atom stereocenters. The maximum absolute atomic E-state index is 10.8. The lowest BCUT2D eigenvalue weighted by Gasteiger charge is -2.05. The van der Waals surface area contributed by atoms with E-state index >= 15 is 0 Å². The predicted octanol–water partition coefficient (Wildman–Crippen LogP) is 1.90. The summed E-state index contributed by atoms with van der Waals surface area (Å²) in [4.78, 5) is 15.0. The number of aryl methyl sites for hydroxylation is 2. The Morgan fingerprint density at radius 3 is 2.75 bits per heavy atom. The molecule has 0 spiro atoms. The Morgan fingerprint density at radius 2 is 2.31 bits per heavy atom. The van der Waals surface area contributed by atoms with Gasteiger partial charge in [0.2, 0.25) is 5.76 Å². The van der Waals surface area contributed by atoms with Crippen LogP contribution in [0.1, 0.15) is 42.4 Å². The van der Waals surface area contributed by atoms with Crippen molar-refractivity contribution in [1.82, 2.24) is 4.98 Å². The van der Waals surface area contributed by atoms with Gasteiger partial charge in [-0.1, -0.05) is 6.92 Å². The summed E-state index contributed by atoms with van der Waals surface area (Å²) in [5.41, 5.74) is 0.507. The van der Waals surface area contributed by atoms with Gasteiger partial charge >= 0.3 is 5.97 Å². The number of aromatic nitrogens is 1. The van der Waals surface area contributed by atoms with Crippen molar-refractivity contribution in [2.75, 3.05) is 7.11 Å². The van der Waals surface area contributed by atoms with Gasteiger partial charge in [-0.2, -0.15) is 0 Å². The molecule has 0 saturated heterocycles. The van der Waals surface area contributed by atoms with E-state index in [1.165, 1.54) is 0 Å². The Hall–Kier alpha value is -1.36. The number of ether oxygens (including phenoxy) is 1. The highest BCUT2D eigenvalue weighted by Gasteiger charge is 2.18. The molecular weight excluding hydrogens is 210 g/mol. The summed E-state index contributed by atoms with van der Waals surface area (Å²) < 4.78 is 10.3. The van der Waals surface area contributed by atoms with Crippen LogP contribution in [0.15, 0.2) is 4.42 Å². The third kappa shape index (κ3) is 3.06. The predicted molar refractivity (Wildman–Crippen MR) is 57.6 cm³/mol. The Kier molecular flexibility index (Phi) is 4.49. The Labute approximate surface area is 94.4 Å². The first-order chi connectivity index (χ1) is 7.58. The first-order valence-corrected chi connectivity index (χ1v) is 5.33. The minimum Gasteiger partial charge on any atom is -0.475 e. The molecule has 0 amide bonds. The summed E-state index contributed by atoms with van der Waals surface area (Å²) in [6.45, 7) is 3.80. The number of nitrogens with zero attached hydrogens (tertiary/aromatic N) is 1. The molecule has 0 bridgehead atoms. The third-order valence-electron chi connectivity index (χ3n) is 2.44. The van der Waals surface area contributed by atoms with Gasteiger partial charge in [-0.25, -0.2) is 9.78 Å². The van der Waals surface area contributed by atoms with Crippen molar-refractivity contribution in [1.29, 1.82) is 0 Å². The van der Waals surface area contributed by atoms with Crippen LogP contribution in [-0.2, 0) is 17.6 Å². The molecule has 16 heavy (non-hydrogen) atoms. The van der Waals surface area contributed by atoms with Crippen molar-refractivity contribution >= 4 is 5.97 Å². The zero-order valence-electron chi connectivity index (χ0n) is 9.82. The normalized spacial score (nSPS) is 12.7. The molecule has 90 valence electrons. The maximum atomic E-state index is 10.8. The Balaban J connectivity index is 2.71. The fraction of sp³-hybridized carbons (Fsp3) is 0.636. The first-order valence-electron chi connectivity index (χ1n) is 5.33. The van der Waals surface area contributed by atoms with E-state index in [1.807, 2.05) is 13.8 Å². The van der Waals surface area contributed by atoms with Gasteiger partial charge in [0, 0.05) is 13.5 Å². The van der Waals surface area contributed by atoms with E-state index in [1.54, 1.807) is 7.11 Å². The van der Waals surface area contributed by atoms with Gasteiger partial charge in [0.1, 0.15) is 0 Å². The number of methoxy groups -OCH3 is 1. The highest BCUT2D eigenvalue weighted by Crippen LogP contribution is 2.14. The standard InChI is InChI=1S/C11H17NO4/c1-4-8-10(11(13)14)16-9(12-8)6-5-7(2)15-3/h7H,4-6H2,1-3H3,(H,13,14). The van der Waals surface area contributed by atoms with Crippen molar-refractivity contribution in [2.24, 2.45) is 0 Å². The summed E-state index contributed by atoms with van der Waals surface area (Å²) in [6, 6.07) is 0. The molecule has 1 aromatic heterocycles. The van der Waals surface area contributed by atoms with Gasteiger partial charge in [-0.05, 0) is 19.8 Å². The molecule has 5 nitrogen and oxygen atoms in total. The lowest BCUT2D eigenvalue weighted by molar-refractivity contribution is 0.0658. The zero-order chi connectivity index (χ0) is 12.1. The largest absolute Gasteiger partial charge is 0.475 e. The molecule has 0 aromatic carbocycles. The number of hydrogen-bond acceptors (Lipinski definition) is 4. The second-order valence-electron chi connectivity index (χ2n) is 3.63. The number of hydrogen-bond donors (Lipinski definition) is 1. The van der Waals surface area contributed by atoms with E-state index in [0.29, 0.717) is 24.4 Å². The molecule has 0 fully saturated rings. The van der Waals surface area contributed by atoms with Gasteiger partial charge in [0.05, 0.1) is 11.8 Å². The van der Waals surface area contributed by atoms with Gasteiger partial charge in [0.15, 0.2) is 5.89 Å². The Bertz CT molecular complexity index is 359. The fourth-order valence-electron chi connectivity index (χ4n) is 1.36. The van der Waals surface area contributed by atoms with Gasteiger partial charge in [0.25, 0.3) is 0 Å². The molecule has 0 aliphatic carbocycles. The van der Waals surface area contributed by atoms with Crippen LogP contribution in [0.5, 0.6) is 0 Å². The second-order valence-corrected chi connectivity index (χ2v) is 3.63. The third-order valence-corrected chi connectivity index (χ3v) is 2.44. The van der Waals surface area contributed by atoms with Crippen LogP contribution < -0.4 is 0 Å². The average molecular weight is 227 g/mol. The van der Waals surface area contributed by atoms with Crippen molar-refractivity contribution in [3.8, 4) is 0 Å². The molecule has 0 aliphatic heterocycles.